The van der Waals surface area contributed by atoms with E-state index in [4.69, 9.17) is 4.74 Å². The van der Waals surface area contributed by atoms with Crippen LogP contribution < -0.4 is 10.2 Å². The van der Waals surface area contributed by atoms with Gasteiger partial charge in [0.1, 0.15) is 5.82 Å². The van der Waals surface area contributed by atoms with E-state index in [1.165, 1.54) is 37.6 Å². The standard InChI is InChI=1S/C15H12BrFN2O3/c1-22-13-7-9(6-12(16)14(13)20)8-18-19-15(21)10-2-4-11(17)5-3-10/h2-8,20H,1H3,(H,19,21)/b18-8-. The van der Waals surface area contributed by atoms with Crippen LogP contribution in [0.5, 0.6) is 11.5 Å². The van der Waals surface area contributed by atoms with Gasteiger partial charge in [0.05, 0.1) is 17.8 Å². The second kappa shape index (κ2) is 7.04. The van der Waals surface area contributed by atoms with Gasteiger partial charge in [0, 0.05) is 5.56 Å². The van der Waals surface area contributed by atoms with E-state index < -0.39 is 11.7 Å². The van der Waals surface area contributed by atoms with Gasteiger partial charge >= 0.3 is 0 Å². The molecular formula is C15H12BrFN2O3. The molecule has 0 saturated heterocycles. The van der Waals surface area contributed by atoms with E-state index in [1.807, 2.05) is 0 Å². The fourth-order valence-electron chi connectivity index (χ4n) is 1.66. The number of amides is 1. The highest BCUT2D eigenvalue weighted by atomic mass is 79.9. The number of hydrogen-bond acceptors (Lipinski definition) is 4. The van der Waals surface area contributed by atoms with Gasteiger partial charge in [0.15, 0.2) is 11.5 Å². The van der Waals surface area contributed by atoms with Crippen molar-refractivity contribution in [2.75, 3.05) is 7.11 Å². The van der Waals surface area contributed by atoms with E-state index in [1.54, 1.807) is 12.1 Å². The van der Waals surface area contributed by atoms with Crippen molar-refractivity contribution in [2.24, 2.45) is 5.10 Å². The third-order valence-corrected chi connectivity index (χ3v) is 3.36. The zero-order valence-corrected chi connectivity index (χ0v) is 13.1. The van der Waals surface area contributed by atoms with Crippen LogP contribution in [0.4, 0.5) is 4.39 Å². The number of phenols is 1. The molecule has 0 aliphatic heterocycles. The first-order valence-electron chi connectivity index (χ1n) is 6.16. The molecule has 1 amide bonds. The maximum atomic E-state index is 12.8. The predicted octanol–water partition coefficient (Wildman–Crippen LogP) is 3.07. The summed E-state index contributed by atoms with van der Waals surface area (Å²) in [6.07, 6.45) is 1.40. The Morgan fingerprint density at radius 3 is 2.68 bits per heavy atom. The molecule has 0 aliphatic rings. The number of hydrazone groups is 1. The Bertz CT molecular complexity index is 717. The molecule has 0 fully saturated rings. The summed E-state index contributed by atoms with van der Waals surface area (Å²) >= 11 is 3.19. The number of carbonyl (C=O) groups is 1. The SMILES string of the molecule is COc1cc(/C=N\NC(=O)c2ccc(F)cc2)cc(Br)c1O. The fourth-order valence-corrected chi connectivity index (χ4v) is 2.11. The van der Waals surface area contributed by atoms with E-state index in [0.29, 0.717) is 15.6 Å². The maximum absolute atomic E-state index is 12.8. The molecule has 0 spiro atoms. The molecular weight excluding hydrogens is 355 g/mol. The Labute approximate surface area is 134 Å². The summed E-state index contributed by atoms with van der Waals surface area (Å²) in [4.78, 5) is 11.8. The predicted molar refractivity (Wildman–Crippen MR) is 83.8 cm³/mol. The highest BCUT2D eigenvalue weighted by molar-refractivity contribution is 9.10. The number of ether oxygens (including phenoxy) is 1. The summed E-state index contributed by atoms with van der Waals surface area (Å²) in [5.41, 5.74) is 3.23. The topological polar surface area (TPSA) is 70.9 Å². The first-order valence-corrected chi connectivity index (χ1v) is 6.96. The summed E-state index contributed by atoms with van der Waals surface area (Å²) in [6.45, 7) is 0. The Kier molecular flexibility index (Phi) is 5.11. The summed E-state index contributed by atoms with van der Waals surface area (Å²) in [6, 6.07) is 8.29. The van der Waals surface area contributed by atoms with Crippen molar-refractivity contribution in [3.63, 3.8) is 0 Å². The molecule has 0 unspecified atom stereocenters. The lowest BCUT2D eigenvalue weighted by Gasteiger charge is -2.06. The molecule has 0 heterocycles. The highest BCUT2D eigenvalue weighted by Gasteiger charge is 2.08. The van der Waals surface area contributed by atoms with Gasteiger partial charge in [-0.3, -0.25) is 4.79 Å². The van der Waals surface area contributed by atoms with Crippen LogP contribution >= 0.6 is 15.9 Å². The lowest BCUT2D eigenvalue weighted by atomic mass is 10.2. The molecule has 0 aromatic heterocycles. The largest absolute Gasteiger partial charge is 0.503 e. The third kappa shape index (κ3) is 3.82. The molecule has 0 bridgehead atoms. The molecule has 22 heavy (non-hydrogen) atoms. The molecule has 114 valence electrons. The minimum atomic E-state index is -0.457. The summed E-state index contributed by atoms with van der Waals surface area (Å²) in [5, 5.41) is 13.5. The van der Waals surface area contributed by atoms with Gasteiger partial charge in [-0.15, -0.1) is 0 Å². The van der Waals surface area contributed by atoms with Crippen molar-refractivity contribution >= 4 is 28.1 Å². The number of phenolic OH excluding ortho intramolecular Hbond substituents is 1. The second-order valence-corrected chi connectivity index (χ2v) is 5.11. The monoisotopic (exact) mass is 366 g/mol. The third-order valence-electron chi connectivity index (χ3n) is 2.76. The molecule has 5 nitrogen and oxygen atoms in total. The van der Waals surface area contributed by atoms with Gasteiger partial charge in [0.25, 0.3) is 5.91 Å². The average molecular weight is 367 g/mol. The first kappa shape index (κ1) is 16.0. The summed E-state index contributed by atoms with van der Waals surface area (Å²) in [5.74, 6) is -0.613. The Morgan fingerprint density at radius 2 is 2.05 bits per heavy atom. The van der Waals surface area contributed by atoms with Gasteiger partial charge in [-0.05, 0) is 57.9 Å². The van der Waals surface area contributed by atoms with Crippen LogP contribution in [-0.2, 0) is 0 Å². The number of methoxy groups -OCH3 is 1. The van der Waals surface area contributed by atoms with Crippen molar-refractivity contribution in [1.29, 1.82) is 0 Å². The van der Waals surface area contributed by atoms with E-state index in [9.17, 15) is 14.3 Å². The molecule has 7 heteroatoms. The number of halogens is 2. The summed E-state index contributed by atoms with van der Waals surface area (Å²) < 4.78 is 18.2. The lowest BCUT2D eigenvalue weighted by Crippen LogP contribution is -2.17. The van der Waals surface area contributed by atoms with E-state index in [0.717, 1.165) is 0 Å². The number of benzene rings is 2. The normalized spacial score (nSPS) is 10.7. The van der Waals surface area contributed by atoms with Gasteiger partial charge in [-0.2, -0.15) is 5.10 Å². The summed E-state index contributed by atoms with van der Waals surface area (Å²) in [7, 11) is 1.43. The van der Waals surface area contributed by atoms with Crippen LogP contribution in [0.1, 0.15) is 15.9 Å². The lowest BCUT2D eigenvalue weighted by molar-refractivity contribution is 0.0955. The van der Waals surface area contributed by atoms with Crippen LogP contribution in [0.2, 0.25) is 0 Å². The van der Waals surface area contributed by atoms with Gasteiger partial charge in [-0.1, -0.05) is 0 Å². The van der Waals surface area contributed by atoms with Crippen molar-refractivity contribution in [3.8, 4) is 11.5 Å². The van der Waals surface area contributed by atoms with Gasteiger partial charge < -0.3 is 9.84 Å². The zero-order chi connectivity index (χ0) is 16.1. The minimum absolute atomic E-state index is 0.0185. The molecule has 0 aliphatic carbocycles. The van der Waals surface area contributed by atoms with Gasteiger partial charge in [0.2, 0.25) is 0 Å². The maximum Gasteiger partial charge on any atom is 0.271 e. The fraction of sp³-hybridized carbons (Fsp3) is 0.0667. The zero-order valence-electron chi connectivity index (χ0n) is 11.5. The number of nitrogens with zero attached hydrogens (tertiary/aromatic N) is 1. The number of rotatable bonds is 4. The molecule has 0 atom stereocenters. The second-order valence-electron chi connectivity index (χ2n) is 4.26. The van der Waals surface area contributed by atoms with Crippen LogP contribution in [0, 0.1) is 5.82 Å². The van der Waals surface area contributed by atoms with Crippen molar-refractivity contribution in [3.05, 3.63) is 57.8 Å². The number of aromatic hydroxyl groups is 1. The quantitative estimate of drug-likeness (QED) is 0.645. The van der Waals surface area contributed by atoms with E-state index in [-0.39, 0.29) is 11.5 Å². The van der Waals surface area contributed by atoms with Crippen molar-refractivity contribution in [1.82, 2.24) is 5.43 Å². The minimum Gasteiger partial charge on any atom is -0.503 e. The van der Waals surface area contributed by atoms with Crippen molar-refractivity contribution in [2.45, 2.75) is 0 Å². The molecule has 2 aromatic rings. The van der Waals surface area contributed by atoms with E-state index >= 15 is 0 Å². The van der Waals surface area contributed by atoms with Crippen LogP contribution in [0.15, 0.2) is 46.0 Å². The molecule has 2 N–H and O–H groups in total. The Morgan fingerprint density at radius 1 is 1.36 bits per heavy atom. The van der Waals surface area contributed by atoms with E-state index in [2.05, 4.69) is 26.5 Å². The first-order chi connectivity index (χ1) is 10.5. The number of nitrogens with one attached hydrogen (secondary N) is 1. The number of carbonyl (C=O) groups excluding carboxylic acids is 1. The Balaban J connectivity index is 2.08. The smallest absolute Gasteiger partial charge is 0.271 e. The van der Waals surface area contributed by atoms with Gasteiger partial charge in [-0.25, -0.2) is 9.82 Å². The van der Waals surface area contributed by atoms with Crippen LogP contribution in [0.3, 0.4) is 0 Å². The average Bonchev–Trinajstić information content (AvgIpc) is 2.51. The Hall–Kier alpha value is -2.41. The van der Waals surface area contributed by atoms with Crippen molar-refractivity contribution < 1.29 is 19.0 Å². The molecule has 2 aromatic carbocycles. The molecule has 0 radical (unpaired) electrons. The van der Waals surface area contributed by atoms with Crippen LogP contribution in [0.25, 0.3) is 0 Å². The number of hydrogen-bond donors (Lipinski definition) is 2. The molecule has 0 saturated carbocycles. The molecule has 2 rings (SSSR count). The highest BCUT2D eigenvalue weighted by Crippen LogP contribution is 2.34. The van der Waals surface area contributed by atoms with Crippen LogP contribution in [-0.4, -0.2) is 24.3 Å².